The van der Waals surface area contributed by atoms with E-state index in [9.17, 15) is 0 Å². The van der Waals surface area contributed by atoms with Gasteiger partial charge in [-0.3, -0.25) is 0 Å². The molecule has 0 saturated heterocycles. The number of benzene rings is 1. The number of anilines is 1. The number of rotatable bonds is 4. The molecule has 100 valence electrons. The van der Waals surface area contributed by atoms with Crippen LogP contribution in [-0.2, 0) is 0 Å². The molecule has 1 heterocycles. The van der Waals surface area contributed by atoms with Crippen LogP contribution in [0.15, 0.2) is 18.2 Å². The number of methoxy groups -OCH3 is 3. The summed E-state index contributed by atoms with van der Waals surface area (Å²) in [5, 5.41) is 0. The smallest absolute Gasteiger partial charge is 0.321 e. The summed E-state index contributed by atoms with van der Waals surface area (Å²) < 4.78 is 15.4. The molecule has 7 nitrogen and oxygen atoms in total. The summed E-state index contributed by atoms with van der Waals surface area (Å²) >= 11 is 0. The Bertz CT molecular complexity index is 589. The first-order valence-corrected chi connectivity index (χ1v) is 5.46. The van der Waals surface area contributed by atoms with Crippen LogP contribution in [0.1, 0.15) is 0 Å². The number of nitrogens with two attached hydrogens (primary N) is 1. The van der Waals surface area contributed by atoms with Crippen molar-refractivity contribution in [2.24, 2.45) is 0 Å². The SMILES string of the molecule is COc1nc(N)nc(-c2ccc(OC)c(OC)c2)n1. The van der Waals surface area contributed by atoms with Gasteiger partial charge in [0, 0.05) is 5.56 Å². The van der Waals surface area contributed by atoms with E-state index in [2.05, 4.69) is 15.0 Å². The quantitative estimate of drug-likeness (QED) is 0.883. The number of nitrogen functional groups attached to an aromatic ring is 1. The zero-order valence-electron chi connectivity index (χ0n) is 10.9. The van der Waals surface area contributed by atoms with Crippen LogP contribution in [0.5, 0.6) is 17.5 Å². The van der Waals surface area contributed by atoms with E-state index in [4.69, 9.17) is 19.9 Å². The monoisotopic (exact) mass is 262 g/mol. The number of hydrogen-bond acceptors (Lipinski definition) is 7. The molecule has 0 bridgehead atoms. The minimum Gasteiger partial charge on any atom is -0.493 e. The van der Waals surface area contributed by atoms with E-state index in [0.29, 0.717) is 17.3 Å². The number of nitrogens with zero attached hydrogens (tertiary/aromatic N) is 3. The summed E-state index contributed by atoms with van der Waals surface area (Å²) in [4.78, 5) is 12.0. The van der Waals surface area contributed by atoms with Gasteiger partial charge in [-0.25, -0.2) is 0 Å². The molecule has 0 aliphatic heterocycles. The highest BCUT2D eigenvalue weighted by Gasteiger charge is 2.10. The third kappa shape index (κ3) is 2.65. The van der Waals surface area contributed by atoms with Crippen molar-refractivity contribution in [1.82, 2.24) is 15.0 Å². The Morgan fingerprint density at radius 3 is 2.26 bits per heavy atom. The highest BCUT2D eigenvalue weighted by molar-refractivity contribution is 5.61. The Balaban J connectivity index is 2.49. The van der Waals surface area contributed by atoms with Gasteiger partial charge in [-0.05, 0) is 18.2 Å². The third-order valence-corrected chi connectivity index (χ3v) is 2.46. The highest BCUT2D eigenvalue weighted by atomic mass is 16.5. The van der Waals surface area contributed by atoms with Gasteiger partial charge in [0.1, 0.15) is 0 Å². The second-order valence-corrected chi connectivity index (χ2v) is 3.57. The predicted octanol–water partition coefficient (Wildman–Crippen LogP) is 1.15. The molecule has 19 heavy (non-hydrogen) atoms. The Morgan fingerprint density at radius 1 is 0.895 bits per heavy atom. The van der Waals surface area contributed by atoms with Crippen molar-refractivity contribution in [2.45, 2.75) is 0 Å². The lowest BCUT2D eigenvalue weighted by Crippen LogP contribution is -2.02. The molecule has 0 amide bonds. The van der Waals surface area contributed by atoms with Crippen LogP contribution < -0.4 is 19.9 Å². The van der Waals surface area contributed by atoms with E-state index in [-0.39, 0.29) is 12.0 Å². The number of aromatic nitrogens is 3. The van der Waals surface area contributed by atoms with E-state index < -0.39 is 0 Å². The van der Waals surface area contributed by atoms with E-state index in [0.717, 1.165) is 5.56 Å². The van der Waals surface area contributed by atoms with Gasteiger partial charge in [-0.15, -0.1) is 0 Å². The van der Waals surface area contributed by atoms with Crippen LogP contribution in [0, 0.1) is 0 Å². The maximum absolute atomic E-state index is 5.60. The van der Waals surface area contributed by atoms with Crippen LogP contribution in [0.2, 0.25) is 0 Å². The standard InChI is InChI=1S/C12H14N4O3/c1-17-8-5-4-7(6-9(8)18-2)10-14-11(13)16-12(15-10)19-3/h4-6H,1-3H3,(H2,13,14,15,16). The van der Waals surface area contributed by atoms with Crippen molar-refractivity contribution in [3.63, 3.8) is 0 Å². The fraction of sp³-hybridized carbons (Fsp3) is 0.250. The molecule has 1 aromatic heterocycles. The lowest BCUT2D eigenvalue weighted by Gasteiger charge is -2.09. The molecule has 0 aliphatic carbocycles. The summed E-state index contributed by atoms with van der Waals surface area (Å²) in [6.07, 6.45) is 0. The fourth-order valence-electron chi connectivity index (χ4n) is 1.57. The predicted molar refractivity (Wildman–Crippen MR) is 69.3 cm³/mol. The average Bonchev–Trinajstić information content (AvgIpc) is 2.45. The maximum atomic E-state index is 5.60. The maximum Gasteiger partial charge on any atom is 0.321 e. The lowest BCUT2D eigenvalue weighted by molar-refractivity contribution is 0.355. The Morgan fingerprint density at radius 2 is 1.63 bits per heavy atom. The Kier molecular flexibility index (Phi) is 3.65. The molecule has 0 atom stereocenters. The van der Waals surface area contributed by atoms with Gasteiger partial charge < -0.3 is 19.9 Å². The van der Waals surface area contributed by atoms with Gasteiger partial charge in [0.15, 0.2) is 17.3 Å². The van der Waals surface area contributed by atoms with Gasteiger partial charge in [0.2, 0.25) is 5.95 Å². The third-order valence-electron chi connectivity index (χ3n) is 2.46. The van der Waals surface area contributed by atoms with Crippen molar-refractivity contribution in [2.75, 3.05) is 27.1 Å². The van der Waals surface area contributed by atoms with E-state index >= 15 is 0 Å². The normalized spacial score (nSPS) is 10.1. The summed E-state index contributed by atoms with van der Waals surface area (Å²) in [5.74, 6) is 1.71. The molecule has 1 aromatic carbocycles. The molecule has 7 heteroatoms. The van der Waals surface area contributed by atoms with E-state index in [1.54, 1.807) is 32.4 Å². The Labute approximate surface area is 110 Å². The first-order valence-electron chi connectivity index (χ1n) is 5.46. The van der Waals surface area contributed by atoms with Crippen molar-refractivity contribution < 1.29 is 14.2 Å². The van der Waals surface area contributed by atoms with Crippen LogP contribution in [0.4, 0.5) is 5.95 Å². The molecular weight excluding hydrogens is 248 g/mol. The van der Waals surface area contributed by atoms with E-state index in [1.807, 2.05) is 0 Å². The van der Waals surface area contributed by atoms with Crippen molar-refractivity contribution in [1.29, 1.82) is 0 Å². The van der Waals surface area contributed by atoms with Gasteiger partial charge in [-0.1, -0.05) is 0 Å². The molecule has 2 N–H and O–H groups in total. The average molecular weight is 262 g/mol. The zero-order valence-corrected chi connectivity index (χ0v) is 10.9. The molecule has 0 saturated carbocycles. The minimum atomic E-state index is 0.0941. The van der Waals surface area contributed by atoms with Crippen molar-refractivity contribution in [3.05, 3.63) is 18.2 Å². The van der Waals surface area contributed by atoms with Crippen LogP contribution >= 0.6 is 0 Å². The highest BCUT2D eigenvalue weighted by Crippen LogP contribution is 2.31. The van der Waals surface area contributed by atoms with Crippen molar-refractivity contribution >= 4 is 5.95 Å². The summed E-state index contributed by atoms with van der Waals surface area (Å²) in [6, 6.07) is 5.49. The first-order chi connectivity index (χ1) is 9.17. The number of hydrogen-bond donors (Lipinski definition) is 1. The van der Waals surface area contributed by atoms with Gasteiger partial charge in [-0.2, -0.15) is 15.0 Å². The lowest BCUT2D eigenvalue weighted by atomic mass is 10.2. The zero-order chi connectivity index (χ0) is 13.8. The summed E-state index contributed by atoms with van der Waals surface area (Å²) in [5.41, 5.74) is 6.33. The van der Waals surface area contributed by atoms with E-state index in [1.165, 1.54) is 7.11 Å². The molecule has 0 spiro atoms. The van der Waals surface area contributed by atoms with Gasteiger partial charge in [0.25, 0.3) is 0 Å². The topological polar surface area (TPSA) is 92.4 Å². The first kappa shape index (κ1) is 12.9. The molecular formula is C12H14N4O3. The minimum absolute atomic E-state index is 0.0941. The van der Waals surface area contributed by atoms with Crippen molar-refractivity contribution in [3.8, 4) is 28.9 Å². The molecule has 0 aliphatic rings. The largest absolute Gasteiger partial charge is 0.493 e. The van der Waals surface area contributed by atoms with Gasteiger partial charge in [0.05, 0.1) is 21.3 Å². The second kappa shape index (κ2) is 5.38. The summed E-state index contributed by atoms with van der Waals surface area (Å²) in [7, 11) is 4.60. The molecule has 0 fully saturated rings. The molecule has 2 rings (SSSR count). The second-order valence-electron chi connectivity index (χ2n) is 3.57. The van der Waals surface area contributed by atoms with Crippen LogP contribution in [0.25, 0.3) is 11.4 Å². The fourth-order valence-corrected chi connectivity index (χ4v) is 1.57. The molecule has 0 radical (unpaired) electrons. The van der Waals surface area contributed by atoms with Gasteiger partial charge >= 0.3 is 6.01 Å². The Hall–Kier alpha value is -2.57. The molecule has 2 aromatic rings. The number of ether oxygens (including phenoxy) is 3. The van der Waals surface area contributed by atoms with Crippen LogP contribution in [0.3, 0.4) is 0 Å². The van der Waals surface area contributed by atoms with Crippen LogP contribution in [-0.4, -0.2) is 36.3 Å². The summed E-state index contributed by atoms with van der Waals surface area (Å²) in [6.45, 7) is 0. The molecule has 0 unspecified atom stereocenters.